The molecule has 61 heavy (non-hydrogen) atoms. The minimum Gasteiger partial charge on any atom is -0.394 e. The van der Waals surface area contributed by atoms with E-state index in [0.29, 0.717) is 48.5 Å². The summed E-state index contributed by atoms with van der Waals surface area (Å²) < 4.78 is 49.9. The summed E-state index contributed by atoms with van der Waals surface area (Å²) in [6, 6.07) is 0. The highest BCUT2D eigenvalue weighted by molar-refractivity contribution is 5.16. The Morgan fingerprint density at radius 3 is 2.10 bits per heavy atom. The molecular formula is C44H70O17. The van der Waals surface area contributed by atoms with Gasteiger partial charge in [0.15, 0.2) is 24.7 Å². The molecular weight excluding hydrogens is 800 g/mol. The average molecular weight is 871 g/mol. The number of hydrogen-bond acceptors (Lipinski definition) is 17. The summed E-state index contributed by atoms with van der Waals surface area (Å²) in [5.74, 6) is 2.37. The molecule has 0 bridgehead atoms. The lowest BCUT2D eigenvalue weighted by Crippen LogP contribution is -2.67. The standard InChI is InChI=1S/C44H70O17/c1-19-7-12-44(55-17-19)20(2)30-27(61-44)14-25-23-6-5-21-13-22(8-10-42(21,3)24(23)9-11-43(25,30)4)56-41-38(60-40-36(53)34(51)32(49)28(15-45)57-40)37(33(50)29(16-46)58-41)59-39-35(52)31(48)26(47)18-54-39/h20-41,45-53H,1,5-18H2,2-4H3/t20-,21+,22-,23+,24-,25-,26+,27-,28+,29+,30-,31-,32+,33-,34-,35+,36+,37-,38+,39-,40-,41+,42-,43-,44+/m0/s1. The van der Waals surface area contributed by atoms with Crippen molar-refractivity contribution in [1.29, 1.82) is 0 Å². The zero-order valence-electron chi connectivity index (χ0n) is 35.6. The fourth-order valence-electron chi connectivity index (χ4n) is 14.2. The highest BCUT2D eigenvalue weighted by Crippen LogP contribution is 2.71. The molecule has 0 aromatic rings. The molecule has 0 aromatic heterocycles. The lowest BCUT2D eigenvalue weighted by atomic mass is 9.44. The molecule has 9 rings (SSSR count). The zero-order chi connectivity index (χ0) is 43.3. The quantitative estimate of drug-likeness (QED) is 0.113. The second-order valence-electron chi connectivity index (χ2n) is 20.7. The Hall–Kier alpha value is -0.940. The van der Waals surface area contributed by atoms with Gasteiger partial charge in [-0.15, -0.1) is 0 Å². The summed E-state index contributed by atoms with van der Waals surface area (Å²) in [4.78, 5) is 0. The molecule has 9 N–H and O–H groups in total. The number of rotatable bonds is 8. The van der Waals surface area contributed by atoms with Crippen LogP contribution < -0.4 is 0 Å². The third-order valence-corrected chi connectivity index (χ3v) is 17.6. The third kappa shape index (κ3) is 7.51. The van der Waals surface area contributed by atoms with E-state index < -0.39 is 112 Å². The van der Waals surface area contributed by atoms with Gasteiger partial charge in [-0.2, -0.15) is 0 Å². The van der Waals surface area contributed by atoms with Crippen LogP contribution in [0.1, 0.15) is 85.0 Å². The highest BCUT2D eigenvalue weighted by Gasteiger charge is 2.69. The molecule has 348 valence electrons. The third-order valence-electron chi connectivity index (χ3n) is 17.6. The maximum Gasteiger partial charge on any atom is 0.187 e. The Bertz CT molecular complexity index is 1560. The molecule has 25 atom stereocenters. The van der Waals surface area contributed by atoms with Gasteiger partial charge in [-0.05, 0) is 98.2 Å². The first kappa shape index (κ1) is 45.2. The molecule has 5 heterocycles. The van der Waals surface area contributed by atoms with Crippen LogP contribution in [0, 0.1) is 46.3 Å². The Kier molecular flexibility index (Phi) is 12.6. The normalized spacial score (nSPS) is 57.3. The summed E-state index contributed by atoms with van der Waals surface area (Å²) in [6.07, 6.45) is -12.3. The average Bonchev–Trinajstić information content (AvgIpc) is 3.69. The molecule has 4 aliphatic carbocycles. The van der Waals surface area contributed by atoms with E-state index in [2.05, 4.69) is 27.4 Å². The van der Waals surface area contributed by atoms with Crippen LogP contribution in [0.4, 0.5) is 0 Å². The minimum atomic E-state index is -1.82. The van der Waals surface area contributed by atoms with E-state index in [1.54, 1.807) is 0 Å². The van der Waals surface area contributed by atoms with E-state index in [4.69, 9.17) is 37.9 Å². The lowest BCUT2D eigenvalue weighted by molar-refractivity contribution is -0.392. The summed E-state index contributed by atoms with van der Waals surface area (Å²) in [5, 5.41) is 95.1. The van der Waals surface area contributed by atoms with Crippen LogP contribution in [0.2, 0.25) is 0 Å². The second-order valence-corrected chi connectivity index (χ2v) is 20.7. The van der Waals surface area contributed by atoms with Gasteiger partial charge in [-0.25, -0.2) is 0 Å². The highest BCUT2D eigenvalue weighted by atomic mass is 16.8. The van der Waals surface area contributed by atoms with Crippen molar-refractivity contribution in [3.63, 3.8) is 0 Å². The molecule has 1 spiro atoms. The van der Waals surface area contributed by atoms with Gasteiger partial charge in [0.05, 0.1) is 38.6 Å². The molecule has 4 saturated carbocycles. The number of fused-ring (bicyclic) bond motifs is 7. The molecule has 5 aliphatic heterocycles. The Morgan fingerprint density at radius 1 is 0.689 bits per heavy atom. The zero-order valence-corrected chi connectivity index (χ0v) is 35.6. The predicted octanol–water partition coefficient (Wildman–Crippen LogP) is -0.174. The van der Waals surface area contributed by atoms with Crippen molar-refractivity contribution in [2.45, 2.75) is 189 Å². The van der Waals surface area contributed by atoms with Crippen molar-refractivity contribution in [3.8, 4) is 0 Å². The van der Waals surface area contributed by atoms with Crippen LogP contribution in [0.3, 0.4) is 0 Å². The van der Waals surface area contributed by atoms with Gasteiger partial charge in [-0.3, -0.25) is 0 Å². The molecule has 17 heteroatoms. The van der Waals surface area contributed by atoms with Gasteiger partial charge in [0.25, 0.3) is 0 Å². The number of aliphatic hydroxyl groups excluding tert-OH is 9. The minimum absolute atomic E-state index is 0.0807. The molecule has 17 nitrogen and oxygen atoms in total. The number of ether oxygens (including phenoxy) is 8. The molecule has 0 aromatic carbocycles. The second kappa shape index (κ2) is 17.0. The molecule has 0 unspecified atom stereocenters. The lowest BCUT2D eigenvalue weighted by Gasteiger charge is -2.61. The first-order chi connectivity index (χ1) is 29.0. The Labute approximate surface area is 357 Å². The number of hydrogen-bond donors (Lipinski definition) is 9. The Morgan fingerprint density at radius 2 is 1.38 bits per heavy atom. The van der Waals surface area contributed by atoms with Crippen LogP contribution in [0.5, 0.6) is 0 Å². The molecule has 0 amide bonds. The maximum absolute atomic E-state index is 11.5. The van der Waals surface area contributed by atoms with Crippen molar-refractivity contribution in [3.05, 3.63) is 12.2 Å². The smallest absolute Gasteiger partial charge is 0.187 e. The van der Waals surface area contributed by atoms with E-state index in [1.165, 1.54) is 0 Å². The molecule has 9 aliphatic rings. The van der Waals surface area contributed by atoms with E-state index in [1.807, 2.05) is 0 Å². The maximum atomic E-state index is 11.5. The van der Waals surface area contributed by atoms with Crippen LogP contribution in [-0.2, 0) is 37.9 Å². The van der Waals surface area contributed by atoms with Crippen molar-refractivity contribution < 1.29 is 83.9 Å². The van der Waals surface area contributed by atoms with E-state index in [-0.39, 0.29) is 23.0 Å². The first-order valence-corrected chi connectivity index (χ1v) is 22.9. The largest absolute Gasteiger partial charge is 0.394 e. The fraction of sp³-hybridized carbons (Fsp3) is 0.955. The van der Waals surface area contributed by atoms with Gasteiger partial charge < -0.3 is 83.9 Å². The van der Waals surface area contributed by atoms with Crippen molar-refractivity contribution in [2.24, 2.45) is 46.3 Å². The summed E-state index contributed by atoms with van der Waals surface area (Å²) in [6.45, 7) is 10.3. The van der Waals surface area contributed by atoms with Crippen molar-refractivity contribution in [2.75, 3.05) is 26.4 Å². The molecule has 9 fully saturated rings. The van der Waals surface area contributed by atoms with Crippen molar-refractivity contribution >= 4 is 0 Å². The molecule has 5 saturated heterocycles. The molecule has 0 radical (unpaired) electrons. The monoisotopic (exact) mass is 870 g/mol. The summed E-state index contributed by atoms with van der Waals surface area (Å²) >= 11 is 0. The van der Waals surface area contributed by atoms with Gasteiger partial charge in [-0.1, -0.05) is 32.9 Å². The number of aliphatic hydroxyl groups is 9. The first-order valence-electron chi connectivity index (χ1n) is 22.9. The topological polar surface area (TPSA) is 256 Å². The van der Waals surface area contributed by atoms with Gasteiger partial charge >= 0.3 is 0 Å². The van der Waals surface area contributed by atoms with Crippen molar-refractivity contribution in [1.82, 2.24) is 0 Å². The van der Waals surface area contributed by atoms with Gasteiger partial charge in [0.2, 0.25) is 0 Å². The van der Waals surface area contributed by atoms with Crippen LogP contribution in [0.15, 0.2) is 12.2 Å². The Balaban J connectivity index is 0.918. The fourth-order valence-corrected chi connectivity index (χ4v) is 14.2. The summed E-state index contributed by atoms with van der Waals surface area (Å²) in [7, 11) is 0. The van der Waals surface area contributed by atoms with Crippen LogP contribution >= 0.6 is 0 Å². The predicted molar refractivity (Wildman–Crippen MR) is 210 cm³/mol. The van der Waals surface area contributed by atoms with Crippen LogP contribution in [-0.4, -0.2) is 176 Å². The van der Waals surface area contributed by atoms with E-state index >= 15 is 0 Å². The van der Waals surface area contributed by atoms with E-state index in [9.17, 15) is 46.0 Å². The van der Waals surface area contributed by atoms with Gasteiger partial charge in [0, 0.05) is 12.3 Å². The van der Waals surface area contributed by atoms with Crippen LogP contribution in [0.25, 0.3) is 0 Å². The SMILES string of the molecule is C=C1CC[C@@]2(OC1)O[C@H]1C[C@H]3[C@@H]4CC[C@@H]5C[C@@H](O[C@@H]6O[C@H](CO)[C@H](O)[C@H](O[C@@H]7OC[C@@H](O)[C@H](O)[C@H]7O)[C@H]6O[C@@H]6O[C@H](CO)[C@@H](O)[C@H](O)[C@H]6O)CC[C@]5(C)[C@H]4CC[C@]3(C)[C@H]1[C@@H]2C. The van der Waals surface area contributed by atoms with E-state index in [0.717, 1.165) is 63.4 Å². The van der Waals surface area contributed by atoms with Gasteiger partial charge in [0.1, 0.15) is 67.1 Å². The summed E-state index contributed by atoms with van der Waals surface area (Å²) in [5.41, 5.74) is 1.41.